The van der Waals surface area contributed by atoms with Crippen LogP contribution in [0, 0.1) is 13.8 Å². The summed E-state index contributed by atoms with van der Waals surface area (Å²) < 4.78 is 0. The first-order valence-electron chi connectivity index (χ1n) is 6.79. The molecule has 0 saturated carbocycles. The fourth-order valence-corrected chi connectivity index (χ4v) is 2.44. The maximum absolute atomic E-state index is 5.69. The minimum Gasteiger partial charge on any atom is -0.342 e. The number of hydrogen-bond donors (Lipinski definition) is 1. The zero-order valence-corrected chi connectivity index (χ0v) is 12.0. The van der Waals surface area contributed by atoms with Crippen molar-refractivity contribution < 1.29 is 0 Å². The third kappa shape index (κ3) is 2.96. The molecule has 2 rings (SSSR count). The van der Waals surface area contributed by atoms with Gasteiger partial charge in [0.15, 0.2) is 0 Å². The molecule has 19 heavy (non-hydrogen) atoms. The second-order valence-electron chi connectivity index (χ2n) is 4.91. The highest BCUT2D eigenvalue weighted by molar-refractivity contribution is 5.67. The van der Waals surface area contributed by atoms with Crippen molar-refractivity contribution >= 4 is 11.4 Å². The standard InChI is InChI=1S/C17H22N2/c1-4-19(16-7-5-6-13(2)10-16)17-9-8-15(12-18)11-14(17)3/h5-11H,4,12,18H2,1-3H3. The van der Waals surface area contributed by atoms with Gasteiger partial charge in [0.1, 0.15) is 0 Å². The van der Waals surface area contributed by atoms with Crippen LogP contribution in [0.5, 0.6) is 0 Å². The first kappa shape index (κ1) is 13.6. The molecule has 2 N–H and O–H groups in total. The van der Waals surface area contributed by atoms with E-state index < -0.39 is 0 Å². The molecule has 0 bridgehead atoms. The lowest BCUT2D eigenvalue weighted by atomic mass is 10.1. The Hall–Kier alpha value is -1.80. The quantitative estimate of drug-likeness (QED) is 0.896. The van der Waals surface area contributed by atoms with Crippen molar-refractivity contribution in [1.82, 2.24) is 0 Å². The van der Waals surface area contributed by atoms with Crippen molar-refractivity contribution in [3.8, 4) is 0 Å². The number of nitrogens with two attached hydrogens (primary N) is 1. The average molecular weight is 254 g/mol. The first-order chi connectivity index (χ1) is 9.15. The number of anilines is 2. The molecule has 0 heterocycles. The molecule has 0 fully saturated rings. The van der Waals surface area contributed by atoms with Gasteiger partial charge in [0, 0.05) is 24.5 Å². The van der Waals surface area contributed by atoms with Crippen molar-refractivity contribution in [1.29, 1.82) is 0 Å². The molecule has 0 aromatic heterocycles. The number of rotatable bonds is 4. The summed E-state index contributed by atoms with van der Waals surface area (Å²) in [4.78, 5) is 2.34. The van der Waals surface area contributed by atoms with Crippen molar-refractivity contribution in [2.75, 3.05) is 11.4 Å². The molecule has 0 aliphatic carbocycles. The van der Waals surface area contributed by atoms with Gasteiger partial charge in [-0.05, 0) is 55.7 Å². The predicted octanol–water partition coefficient (Wildman–Crippen LogP) is 3.92. The molecule has 2 nitrogen and oxygen atoms in total. The Bertz CT molecular complexity index is 561. The summed E-state index contributed by atoms with van der Waals surface area (Å²) in [5.41, 5.74) is 11.9. The Morgan fingerprint density at radius 2 is 1.84 bits per heavy atom. The topological polar surface area (TPSA) is 29.3 Å². The van der Waals surface area contributed by atoms with E-state index >= 15 is 0 Å². The van der Waals surface area contributed by atoms with Gasteiger partial charge < -0.3 is 10.6 Å². The van der Waals surface area contributed by atoms with E-state index in [2.05, 4.69) is 68.1 Å². The summed E-state index contributed by atoms with van der Waals surface area (Å²) in [5, 5.41) is 0. The molecule has 0 unspecified atom stereocenters. The highest BCUT2D eigenvalue weighted by atomic mass is 15.1. The summed E-state index contributed by atoms with van der Waals surface area (Å²) in [6, 6.07) is 15.1. The Labute approximate surface area is 115 Å². The average Bonchev–Trinajstić information content (AvgIpc) is 2.41. The van der Waals surface area contributed by atoms with Crippen LogP contribution in [0.15, 0.2) is 42.5 Å². The Morgan fingerprint density at radius 3 is 2.42 bits per heavy atom. The summed E-state index contributed by atoms with van der Waals surface area (Å²) >= 11 is 0. The minimum atomic E-state index is 0.595. The fraction of sp³-hybridized carbons (Fsp3) is 0.294. The predicted molar refractivity (Wildman–Crippen MR) is 82.9 cm³/mol. The van der Waals surface area contributed by atoms with Crippen LogP contribution in [-0.4, -0.2) is 6.54 Å². The SMILES string of the molecule is CCN(c1cccc(C)c1)c1ccc(CN)cc1C. The van der Waals surface area contributed by atoms with Crippen molar-refractivity contribution in [2.24, 2.45) is 5.73 Å². The highest BCUT2D eigenvalue weighted by Crippen LogP contribution is 2.29. The van der Waals surface area contributed by atoms with Gasteiger partial charge in [-0.15, -0.1) is 0 Å². The lowest BCUT2D eigenvalue weighted by molar-refractivity contribution is 1.00. The number of benzene rings is 2. The zero-order valence-electron chi connectivity index (χ0n) is 12.0. The molecule has 0 aliphatic heterocycles. The Morgan fingerprint density at radius 1 is 1.05 bits per heavy atom. The van der Waals surface area contributed by atoms with E-state index in [4.69, 9.17) is 5.73 Å². The van der Waals surface area contributed by atoms with Crippen LogP contribution in [0.2, 0.25) is 0 Å². The summed E-state index contributed by atoms with van der Waals surface area (Å²) in [5.74, 6) is 0. The molecule has 0 saturated heterocycles. The monoisotopic (exact) mass is 254 g/mol. The van der Waals surface area contributed by atoms with Crippen molar-refractivity contribution in [3.63, 3.8) is 0 Å². The molecule has 2 aromatic carbocycles. The second-order valence-corrected chi connectivity index (χ2v) is 4.91. The summed E-state index contributed by atoms with van der Waals surface area (Å²) in [6.07, 6.45) is 0. The molecule has 0 radical (unpaired) electrons. The molecule has 0 aliphatic rings. The van der Waals surface area contributed by atoms with E-state index in [1.165, 1.54) is 28.1 Å². The Kier molecular flexibility index (Phi) is 4.23. The van der Waals surface area contributed by atoms with Crippen LogP contribution in [0.1, 0.15) is 23.6 Å². The third-order valence-corrected chi connectivity index (χ3v) is 3.42. The minimum absolute atomic E-state index is 0.595. The first-order valence-corrected chi connectivity index (χ1v) is 6.79. The maximum Gasteiger partial charge on any atom is 0.0440 e. The van der Waals surface area contributed by atoms with E-state index in [1.807, 2.05) is 0 Å². The van der Waals surface area contributed by atoms with Crippen molar-refractivity contribution in [2.45, 2.75) is 27.3 Å². The maximum atomic E-state index is 5.69. The lowest BCUT2D eigenvalue weighted by Gasteiger charge is -2.26. The summed E-state index contributed by atoms with van der Waals surface area (Å²) in [7, 11) is 0. The molecule has 0 atom stereocenters. The van der Waals surface area contributed by atoms with Gasteiger partial charge in [-0.25, -0.2) is 0 Å². The van der Waals surface area contributed by atoms with Crippen LogP contribution in [-0.2, 0) is 6.54 Å². The van der Waals surface area contributed by atoms with Crippen LogP contribution in [0.3, 0.4) is 0 Å². The van der Waals surface area contributed by atoms with Gasteiger partial charge in [-0.1, -0.05) is 24.3 Å². The molecule has 100 valence electrons. The molecule has 0 spiro atoms. The highest BCUT2D eigenvalue weighted by Gasteiger charge is 2.10. The van der Waals surface area contributed by atoms with E-state index in [1.54, 1.807) is 0 Å². The number of aryl methyl sites for hydroxylation is 2. The van der Waals surface area contributed by atoms with E-state index in [9.17, 15) is 0 Å². The lowest BCUT2D eigenvalue weighted by Crippen LogP contribution is -2.17. The molecule has 2 aromatic rings. The van der Waals surface area contributed by atoms with Crippen molar-refractivity contribution in [3.05, 3.63) is 59.2 Å². The smallest absolute Gasteiger partial charge is 0.0440 e. The van der Waals surface area contributed by atoms with Gasteiger partial charge >= 0.3 is 0 Å². The third-order valence-electron chi connectivity index (χ3n) is 3.42. The van der Waals surface area contributed by atoms with Crippen LogP contribution in [0.25, 0.3) is 0 Å². The van der Waals surface area contributed by atoms with Gasteiger partial charge in [0.05, 0.1) is 0 Å². The number of nitrogens with zero attached hydrogens (tertiary/aromatic N) is 1. The fourth-order valence-electron chi connectivity index (χ4n) is 2.44. The normalized spacial score (nSPS) is 10.5. The molecular weight excluding hydrogens is 232 g/mol. The Balaban J connectivity index is 2.42. The molecule has 2 heteroatoms. The van der Waals surface area contributed by atoms with Crippen LogP contribution in [0.4, 0.5) is 11.4 Å². The van der Waals surface area contributed by atoms with Gasteiger partial charge in [0.25, 0.3) is 0 Å². The molecular formula is C17H22N2. The molecule has 0 amide bonds. The number of hydrogen-bond acceptors (Lipinski definition) is 2. The second kappa shape index (κ2) is 5.89. The van der Waals surface area contributed by atoms with E-state index in [0.717, 1.165) is 6.54 Å². The zero-order chi connectivity index (χ0) is 13.8. The van der Waals surface area contributed by atoms with E-state index in [0.29, 0.717) is 6.54 Å². The van der Waals surface area contributed by atoms with Gasteiger partial charge in [0.2, 0.25) is 0 Å². The summed E-state index contributed by atoms with van der Waals surface area (Å²) in [6.45, 7) is 8.00. The van der Waals surface area contributed by atoms with E-state index in [-0.39, 0.29) is 0 Å². The largest absolute Gasteiger partial charge is 0.342 e. The van der Waals surface area contributed by atoms with Gasteiger partial charge in [-0.3, -0.25) is 0 Å². The van der Waals surface area contributed by atoms with Crippen LogP contribution < -0.4 is 10.6 Å². The van der Waals surface area contributed by atoms with Gasteiger partial charge in [-0.2, -0.15) is 0 Å². The van der Waals surface area contributed by atoms with Crippen LogP contribution >= 0.6 is 0 Å².